The van der Waals surface area contributed by atoms with Crippen molar-refractivity contribution in [3.05, 3.63) is 131 Å². The van der Waals surface area contributed by atoms with E-state index in [4.69, 9.17) is 0 Å². The van der Waals surface area contributed by atoms with Crippen molar-refractivity contribution in [1.82, 2.24) is 0 Å². The molecule has 0 spiro atoms. The van der Waals surface area contributed by atoms with E-state index in [1.807, 2.05) is 12.2 Å². The number of benzene rings is 4. The first-order valence-corrected chi connectivity index (χ1v) is 19.3. The quantitative estimate of drug-likeness (QED) is 0.141. The Morgan fingerprint density at radius 3 is 1.73 bits per heavy atom. The summed E-state index contributed by atoms with van der Waals surface area (Å²) in [4.78, 5) is 0. The zero-order chi connectivity index (χ0) is 34.7. The smallest absolute Gasteiger partial charge is 0.109 e. The summed E-state index contributed by atoms with van der Waals surface area (Å²) < 4.78 is 1.79. The van der Waals surface area contributed by atoms with E-state index in [9.17, 15) is 0 Å². The Kier molecular flexibility index (Phi) is 14.0. The van der Waals surface area contributed by atoms with E-state index in [-0.39, 0.29) is 10.8 Å². The normalized spacial score (nSPS) is 12.9. The molecule has 0 saturated carbocycles. The van der Waals surface area contributed by atoms with Crippen molar-refractivity contribution in [3.8, 4) is 33.4 Å². The summed E-state index contributed by atoms with van der Waals surface area (Å²) in [7, 11) is 0. The van der Waals surface area contributed by atoms with Crippen molar-refractivity contribution in [2.24, 2.45) is 0 Å². The molecule has 48 heavy (non-hydrogen) atoms. The summed E-state index contributed by atoms with van der Waals surface area (Å²) in [5.41, 5.74) is 13.5. The molecule has 0 atom stereocenters. The Bertz CT molecular complexity index is 1560. The van der Waals surface area contributed by atoms with Gasteiger partial charge in [-0.3, -0.25) is 6.08 Å². The van der Waals surface area contributed by atoms with Crippen LogP contribution in [0.5, 0.6) is 0 Å². The molecule has 0 heterocycles. The van der Waals surface area contributed by atoms with Crippen LogP contribution < -0.4 is 0 Å². The fourth-order valence-corrected chi connectivity index (χ4v) is 7.22. The van der Waals surface area contributed by atoms with E-state index in [1.54, 1.807) is 27.4 Å². The minimum atomic E-state index is 0.0380. The molecular weight excluding hydrogens is 656 g/mol. The number of rotatable bonds is 8. The second-order valence-corrected chi connectivity index (χ2v) is 17.0. The van der Waals surface area contributed by atoms with Crippen LogP contribution in [0.2, 0.25) is 0 Å². The Morgan fingerprint density at radius 2 is 1.25 bits per heavy atom. The van der Waals surface area contributed by atoms with Crippen molar-refractivity contribution in [1.29, 1.82) is 0 Å². The predicted octanol–water partition coefficient (Wildman–Crippen LogP) is 13.4. The first kappa shape index (κ1) is 37.9. The molecule has 0 unspecified atom stereocenters. The van der Waals surface area contributed by atoms with Crippen molar-refractivity contribution < 1.29 is 24.2 Å². The fraction of sp³-hybridized carbons (Fsp3) is 0.383. The van der Waals surface area contributed by atoms with Crippen LogP contribution in [-0.4, -0.2) is 3.21 Å². The molecule has 0 aliphatic heterocycles. The van der Waals surface area contributed by atoms with Gasteiger partial charge in [-0.15, -0.1) is 35.2 Å². The number of fused-ring (bicyclic) bond motifs is 3. The Morgan fingerprint density at radius 1 is 0.688 bits per heavy atom. The maximum Gasteiger partial charge on any atom is -0.109 e. The van der Waals surface area contributed by atoms with E-state index in [0.29, 0.717) is 0 Å². The minimum Gasteiger partial charge on any atom is -0.273 e. The molecule has 0 bridgehead atoms. The van der Waals surface area contributed by atoms with Gasteiger partial charge in [-0.1, -0.05) is 131 Å². The molecule has 6 rings (SSSR count). The van der Waals surface area contributed by atoms with Gasteiger partial charge in [0.25, 0.3) is 0 Å². The molecule has 4 aromatic rings. The standard InChI is InChI=1S/C33H33.C9H18.C5H5.Zr/c1-32(2,3)30-20-26-24(18-28(30)22-13-9-7-10-14-22)17-25-19-29(23-15-11-8-12-16-23)31(21-27(25)26)33(4,5)6;1-3-5-7-9-8-6-4-2;1-2-4-5-3-1;/h7-16,18,20-21H,17H2,1-6H3;3-8H2,1-2H3;1-3H,4H2;/q-1;;-1;+2. The van der Waals surface area contributed by atoms with E-state index in [2.05, 4.69) is 152 Å². The predicted molar refractivity (Wildman–Crippen MR) is 207 cm³/mol. The van der Waals surface area contributed by atoms with Gasteiger partial charge >= 0.3 is 79.8 Å². The van der Waals surface area contributed by atoms with E-state index >= 15 is 0 Å². The molecule has 0 radical (unpaired) electrons. The largest absolute Gasteiger partial charge is 0.273 e. The maximum absolute atomic E-state index is 3.88. The summed E-state index contributed by atoms with van der Waals surface area (Å²) >= 11 is 1.67. The molecule has 0 amide bonds. The van der Waals surface area contributed by atoms with Crippen LogP contribution in [0, 0.1) is 12.1 Å². The van der Waals surface area contributed by atoms with Crippen molar-refractivity contribution in [2.45, 2.75) is 118 Å². The first-order valence-electron chi connectivity index (χ1n) is 18.1. The monoisotopic (exact) mass is 710 g/mol. The van der Waals surface area contributed by atoms with Crippen molar-refractivity contribution in [2.75, 3.05) is 0 Å². The van der Waals surface area contributed by atoms with Crippen LogP contribution in [0.3, 0.4) is 0 Å². The SMILES string of the molecule is CC(C)(C)c1cc2c([c-]c1-c1ccccc1)Cc1cc(-c3ccccc3)c(C(C)(C)C)cc1-2.CCCC[C](=[Zr+2])CCCC.[C-]1=CC=CC1. The Hall–Kier alpha value is -2.89. The van der Waals surface area contributed by atoms with Gasteiger partial charge in [0.15, 0.2) is 0 Å². The second-order valence-electron chi connectivity index (χ2n) is 15.2. The molecule has 0 fully saturated rings. The number of unbranched alkanes of at least 4 members (excludes halogenated alkanes) is 2. The van der Waals surface area contributed by atoms with Gasteiger partial charge < -0.3 is 0 Å². The van der Waals surface area contributed by atoms with Gasteiger partial charge in [0.1, 0.15) is 0 Å². The van der Waals surface area contributed by atoms with Gasteiger partial charge in [0.05, 0.1) is 0 Å². The van der Waals surface area contributed by atoms with Gasteiger partial charge in [-0.2, -0.15) is 6.08 Å². The van der Waals surface area contributed by atoms with Crippen molar-refractivity contribution >= 4 is 3.21 Å². The average Bonchev–Trinajstić information content (AvgIpc) is 3.77. The zero-order valence-electron chi connectivity index (χ0n) is 30.9. The van der Waals surface area contributed by atoms with E-state index in [0.717, 1.165) is 12.8 Å². The third kappa shape index (κ3) is 10.3. The maximum atomic E-state index is 3.88. The molecule has 1 heteroatoms. The van der Waals surface area contributed by atoms with Crippen LogP contribution in [-0.2, 0) is 41.5 Å². The number of allylic oxidation sites excluding steroid dienone is 4. The van der Waals surface area contributed by atoms with Crippen LogP contribution in [0.15, 0.2) is 97.1 Å². The molecular formula is C47H56Zr. The average molecular weight is 712 g/mol. The van der Waals surface area contributed by atoms with Crippen LogP contribution in [0.1, 0.15) is 123 Å². The molecule has 2 aliphatic carbocycles. The van der Waals surface area contributed by atoms with Gasteiger partial charge in [-0.05, 0) is 39.5 Å². The topological polar surface area (TPSA) is 0 Å². The van der Waals surface area contributed by atoms with E-state index in [1.165, 1.54) is 94.2 Å². The van der Waals surface area contributed by atoms with Gasteiger partial charge in [0.2, 0.25) is 0 Å². The third-order valence-corrected chi connectivity index (χ3v) is 10.3. The van der Waals surface area contributed by atoms with Gasteiger partial charge in [-0.25, -0.2) is 12.2 Å². The van der Waals surface area contributed by atoms with Crippen molar-refractivity contribution in [3.63, 3.8) is 0 Å². The fourth-order valence-electron chi connectivity index (χ4n) is 6.35. The third-order valence-electron chi connectivity index (χ3n) is 9.07. The second kappa shape index (κ2) is 17.7. The summed E-state index contributed by atoms with van der Waals surface area (Å²) in [5.74, 6) is 0. The molecule has 0 saturated heterocycles. The van der Waals surface area contributed by atoms with Crippen LogP contribution in [0.4, 0.5) is 0 Å². The summed E-state index contributed by atoms with van der Waals surface area (Å²) in [5, 5.41) is 0. The molecule has 248 valence electrons. The molecule has 2 aliphatic rings. The zero-order valence-corrected chi connectivity index (χ0v) is 33.4. The van der Waals surface area contributed by atoms with Gasteiger partial charge in [0, 0.05) is 0 Å². The number of hydrogen-bond acceptors (Lipinski definition) is 0. The Balaban J connectivity index is 0.000000288. The summed E-state index contributed by atoms with van der Waals surface area (Å²) in [6, 6.07) is 32.8. The molecule has 0 N–H and O–H groups in total. The summed E-state index contributed by atoms with van der Waals surface area (Å²) in [6.07, 6.45) is 19.3. The minimum absolute atomic E-state index is 0.0380. The van der Waals surface area contributed by atoms with Crippen LogP contribution in [0.25, 0.3) is 33.4 Å². The number of hydrogen-bond donors (Lipinski definition) is 0. The molecule has 0 nitrogen and oxygen atoms in total. The molecule has 0 aromatic heterocycles. The van der Waals surface area contributed by atoms with Crippen LogP contribution >= 0.6 is 0 Å². The molecule has 4 aromatic carbocycles. The van der Waals surface area contributed by atoms with E-state index < -0.39 is 0 Å². The Labute approximate surface area is 308 Å². The first-order chi connectivity index (χ1) is 22.9. The summed E-state index contributed by atoms with van der Waals surface area (Å²) in [6.45, 7) is 18.4.